The molecule has 0 saturated carbocycles. The Balaban J connectivity index is 1.61. The van der Waals surface area contributed by atoms with Crippen molar-refractivity contribution >= 4 is 22.9 Å². The number of aryl methyl sites for hydroxylation is 2. The number of hydrogen-bond acceptors (Lipinski definition) is 7. The molecule has 3 aromatic carbocycles. The van der Waals surface area contributed by atoms with Crippen LogP contribution in [0.15, 0.2) is 75.9 Å². The SMILES string of the molecule is COC(=O)c1ccc(Oc2c(C)oc3cc(OC(=O)c4ccccc4C)ccc3c2=O)cc1. The molecule has 0 aliphatic carbocycles. The molecule has 4 rings (SSSR count). The Morgan fingerprint density at radius 1 is 0.848 bits per heavy atom. The van der Waals surface area contributed by atoms with Gasteiger partial charge in [0.25, 0.3) is 0 Å². The first-order valence-electron chi connectivity index (χ1n) is 10.1. The van der Waals surface area contributed by atoms with Crippen LogP contribution in [0, 0.1) is 13.8 Å². The minimum atomic E-state index is -0.498. The number of methoxy groups -OCH3 is 1. The van der Waals surface area contributed by atoms with Crippen LogP contribution >= 0.6 is 0 Å². The lowest BCUT2D eigenvalue weighted by Crippen LogP contribution is -2.11. The maximum Gasteiger partial charge on any atom is 0.343 e. The molecule has 0 fully saturated rings. The lowest BCUT2D eigenvalue weighted by atomic mass is 10.1. The van der Waals surface area contributed by atoms with Gasteiger partial charge < -0.3 is 18.6 Å². The van der Waals surface area contributed by atoms with Crippen molar-refractivity contribution in [2.24, 2.45) is 0 Å². The maximum absolute atomic E-state index is 13.0. The molecule has 0 N–H and O–H groups in total. The molecule has 1 aromatic heterocycles. The zero-order chi connectivity index (χ0) is 23.5. The van der Waals surface area contributed by atoms with Gasteiger partial charge in [0.2, 0.25) is 11.2 Å². The van der Waals surface area contributed by atoms with E-state index in [0.29, 0.717) is 16.9 Å². The van der Waals surface area contributed by atoms with Crippen LogP contribution < -0.4 is 14.9 Å². The number of fused-ring (bicyclic) bond motifs is 1. The molecular weight excluding hydrogens is 424 g/mol. The Kier molecular flexibility index (Phi) is 5.95. The van der Waals surface area contributed by atoms with Gasteiger partial charge in [-0.2, -0.15) is 0 Å². The first kappa shape index (κ1) is 21.8. The van der Waals surface area contributed by atoms with Crippen LogP contribution in [0.1, 0.15) is 32.0 Å². The van der Waals surface area contributed by atoms with E-state index in [-0.39, 0.29) is 33.7 Å². The molecule has 0 aliphatic heterocycles. The fourth-order valence-corrected chi connectivity index (χ4v) is 3.31. The summed E-state index contributed by atoms with van der Waals surface area (Å²) < 4.78 is 21.7. The summed E-state index contributed by atoms with van der Waals surface area (Å²) >= 11 is 0. The van der Waals surface area contributed by atoms with E-state index in [1.54, 1.807) is 31.2 Å². The first-order valence-corrected chi connectivity index (χ1v) is 10.1. The lowest BCUT2D eigenvalue weighted by Gasteiger charge is -2.10. The maximum atomic E-state index is 13.0. The van der Waals surface area contributed by atoms with Gasteiger partial charge in [-0.25, -0.2) is 9.59 Å². The van der Waals surface area contributed by atoms with Crippen LogP contribution in [0.4, 0.5) is 0 Å². The van der Waals surface area contributed by atoms with Gasteiger partial charge in [0.05, 0.1) is 23.6 Å². The summed E-state index contributed by atoms with van der Waals surface area (Å²) in [5.41, 5.74) is 1.51. The fourth-order valence-electron chi connectivity index (χ4n) is 3.31. The quantitative estimate of drug-likeness (QED) is 0.308. The number of ether oxygens (including phenoxy) is 3. The van der Waals surface area contributed by atoms with Crippen LogP contribution in [0.3, 0.4) is 0 Å². The third-order valence-electron chi connectivity index (χ3n) is 5.06. The second kappa shape index (κ2) is 9.00. The average Bonchev–Trinajstić information content (AvgIpc) is 2.81. The summed E-state index contributed by atoms with van der Waals surface area (Å²) in [5, 5.41) is 0.275. The van der Waals surface area contributed by atoms with E-state index in [0.717, 1.165) is 5.56 Å². The van der Waals surface area contributed by atoms with E-state index < -0.39 is 11.9 Å². The first-order chi connectivity index (χ1) is 15.9. The number of esters is 2. The summed E-state index contributed by atoms with van der Waals surface area (Å²) in [5.74, 6) is -0.0693. The molecule has 0 atom stereocenters. The van der Waals surface area contributed by atoms with E-state index in [4.69, 9.17) is 13.9 Å². The predicted molar refractivity (Wildman–Crippen MR) is 121 cm³/mol. The third kappa shape index (κ3) is 4.48. The average molecular weight is 444 g/mol. The zero-order valence-corrected chi connectivity index (χ0v) is 18.2. The van der Waals surface area contributed by atoms with Gasteiger partial charge in [-0.05, 0) is 61.9 Å². The highest BCUT2D eigenvalue weighted by molar-refractivity contribution is 5.93. The van der Waals surface area contributed by atoms with Crippen LogP contribution in [-0.4, -0.2) is 19.0 Å². The molecule has 1 heterocycles. The van der Waals surface area contributed by atoms with E-state index >= 15 is 0 Å². The van der Waals surface area contributed by atoms with Crippen molar-refractivity contribution in [1.29, 1.82) is 0 Å². The highest BCUT2D eigenvalue weighted by Crippen LogP contribution is 2.28. The van der Waals surface area contributed by atoms with Gasteiger partial charge in [0.1, 0.15) is 22.8 Å². The lowest BCUT2D eigenvalue weighted by molar-refractivity contribution is 0.0600. The van der Waals surface area contributed by atoms with Crippen LogP contribution in [0.5, 0.6) is 17.2 Å². The van der Waals surface area contributed by atoms with Crippen LogP contribution in [0.25, 0.3) is 11.0 Å². The Bertz CT molecular complexity index is 1420. The molecule has 0 radical (unpaired) electrons. The Labute approximate surface area is 189 Å². The minimum Gasteiger partial charge on any atom is -0.465 e. The normalized spacial score (nSPS) is 10.6. The third-order valence-corrected chi connectivity index (χ3v) is 5.06. The number of carbonyl (C=O) groups is 2. The van der Waals surface area contributed by atoms with Crippen molar-refractivity contribution in [2.45, 2.75) is 13.8 Å². The highest BCUT2D eigenvalue weighted by atomic mass is 16.5. The zero-order valence-electron chi connectivity index (χ0n) is 18.2. The number of rotatable bonds is 5. The second-order valence-corrected chi connectivity index (χ2v) is 7.30. The fraction of sp³-hybridized carbons (Fsp3) is 0.115. The monoisotopic (exact) mass is 444 g/mol. The van der Waals surface area contributed by atoms with Gasteiger partial charge in [-0.1, -0.05) is 18.2 Å². The minimum absolute atomic E-state index is 0.0259. The second-order valence-electron chi connectivity index (χ2n) is 7.30. The summed E-state index contributed by atoms with van der Waals surface area (Å²) in [7, 11) is 1.30. The summed E-state index contributed by atoms with van der Waals surface area (Å²) in [6, 6.07) is 17.8. The van der Waals surface area contributed by atoms with E-state index in [1.165, 1.54) is 37.4 Å². The van der Waals surface area contributed by atoms with Gasteiger partial charge in [0.15, 0.2) is 0 Å². The Morgan fingerprint density at radius 2 is 1.55 bits per heavy atom. The van der Waals surface area contributed by atoms with Gasteiger partial charge in [0, 0.05) is 6.07 Å². The van der Waals surface area contributed by atoms with Crippen molar-refractivity contribution in [3.8, 4) is 17.2 Å². The van der Waals surface area contributed by atoms with E-state index in [9.17, 15) is 14.4 Å². The number of carbonyl (C=O) groups excluding carboxylic acids is 2. The van der Waals surface area contributed by atoms with Crippen molar-refractivity contribution in [2.75, 3.05) is 7.11 Å². The molecule has 0 saturated heterocycles. The van der Waals surface area contributed by atoms with Crippen molar-refractivity contribution in [3.63, 3.8) is 0 Å². The molecule has 0 amide bonds. The van der Waals surface area contributed by atoms with Crippen molar-refractivity contribution in [1.82, 2.24) is 0 Å². The summed E-state index contributed by atoms with van der Waals surface area (Å²) in [4.78, 5) is 37.1. The Hall–Kier alpha value is -4.39. The molecule has 7 heteroatoms. The summed E-state index contributed by atoms with van der Waals surface area (Å²) in [6.07, 6.45) is 0. The van der Waals surface area contributed by atoms with Crippen molar-refractivity contribution in [3.05, 3.63) is 99.4 Å². The molecular formula is C26H20O7. The van der Waals surface area contributed by atoms with Gasteiger partial charge in [-0.15, -0.1) is 0 Å². The smallest absolute Gasteiger partial charge is 0.343 e. The Morgan fingerprint density at radius 3 is 2.24 bits per heavy atom. The number of hydrogen-bond donors (Lipinski definition) is 0. The summed E-state index contributed by atoms with van der Waals surface area (Å²) in [6.45, 7) is 3.43. The molecule has 7 nitrogen and oxygen atoms in total. The highest BCUT2D eigenvalue weighted by Gasteiger charge is 2.17. The molecule has 0 aliphatic rings. The standard InChI is InChI=1S/C26H20O7/c1-15-6-4-5-7-20(15)26(29)33-19-12-13-21-22(14-19)31-16(2)24(23(21)27)32-18-10-8-17(9-11-18)25(28)30-3/h4-14H,1-3H3. The number of benzene rings is 3. The molecule has 166 valence electrons. The van der Waals surface area contributed by atoms with Crippen molar-refractivity contribution < 1.29 is 28.2 Å². The van der Waals surface area contributed by atoms with Gasteiger partial charge in [-0.3, -0.25) is 4.79 Å². The predicted octanol–water partition coefficient (Wildman–Crippen LogP) is 5.21. The molecule has 33 heavy (non-hydrogen) atoms. The molecule has 0 bridgehead atoms. The largest absolute Gasteiger partial charge is 0.465 e. The molecule has 4 aromatic rings. The van der Waals surface area contributed by atoms with Gasteiger partial charge >= 0.3 is 11.9 Å². The van der Waals surface area contributed by atoms with E-state index in [1.807, 2.05) is 19.1 Å². The molecule has 0 spiro atoms. The van der Waals surface area contributed by atoms with Crippen LogP contribution in [-0.2, 0) is 4.74 Å². The van der Waals surface area contributed by atoms with E-state index in [2.05, 4.69) is 4.74 Å². The topological polar surface area (TPSA) is 92.0 Å². The molecule has 0 unspecified atom stereocenters. The van der Waals surface area contributed by atoms with Crippen LogP contribution in [0.2, 0.25) is 0 Å².